The highest BCUT2D eigenvalue weighted by molar-refractivity contribution is 5.75. The van der Waals surface area contributed by atoms with Gasteiger partial charge >= 0.3 is 0 Å². The van der Waals surface area contributed by atoms with Gasteiger partial charge in [0.1, 0.15) is 5.78 Å². The van der Waals surface area contributed by atoms with Crippen LogP contribution in [0.4, 0.5) is 5.69 Å². The molecule has 1 saturated heterocycles. The highest BCUT2D eigenvalue weighted by atomic mass is 16.1. The van der Waals surface area contributed by atoms with Crippen LogP contribution in [0.1, 0.15) is 45.4 Å². The van der Waals surface area contributed by atoms with Crippen molar-refractivity contribution >= 4 is 11.5 Å². The number of nitrogens with zero attached hydrogens (tertiary/aromatic N) is 3. The second kappa shape index (κ2) is 7.22. The molecule has 2 rings (SSSR count). The number of Topliss-reactive ketones (excluding diaryl/α,β-unsaturated/α-hetero) is 1. The van der Waals surface area contributed by atoms with Crippen LogP contribution < -0.4 is 10.5 Å². The molecule has 1 fully saturated rings. The summed E-state index contributed by atoms with van der Waals surface area (Å²) in [4.78, 5) is 25.1. The summed E-state index contributed by atoms with van der Waals surface area (Å²) in [5, 5.41) is 4.25. The second-order valence-corrected chi connectivity index (χ2v) is 5.48. The highest BCUT2D eigenvalue weighted by Gasteiger charge is 2.12. The molecule has 0 N–H and O–H groups in total. The minimum atomic E-state index is -0.0455. The molecule has 0 aliphatic carbocycles. The van der Waals surface area contributed by atoms with E-state index in [2.05, 4.69) is 10.00 Å². The molecular weight excluding hydrogens is 254 g/mol. The van der Waals surface area contributed by atoms with Crippen LogP contribution in [0.2, 0.25) is 0 Å². The Morgan fingerprint density at radius 3 is 2.65 bits per heavy atom. The SMILES string of the molecule is CC(=O)CCCCn1ncc(N2CCCCC2)cc1=O. The Bertz CT molecular complexity index is 504. The third-order valence-electron chi connectivity index (χ3n) is 3.73. The third-order valence-corrected chi connectivity index (χ3v) is 3.73. The van der Waals surface area contributed by atoms with Gasteiger partial charge in [0.05, 0.1) is 11.9 Å². The van der Waals surface area contributed by atoms with Crippen molar-refractivity contribution < 1.29 is 4.79 Å². The van der Waals surface area contributed by atoms with Crippen molar-refractivity contribution in [1.29, 1.82) is 0 Å². The molecule has 20 heavy (non-hydrogen) atoms. The lowest BCUT2D eigenvalue weighted by atomic mass is 10.1. The molecular formula is C15H23N3O2. The Morgan fingerprint density at radius 1 is 1.25 bits per heavy atom. The molecule has 1 aliphatic rings. The molecule has 0 bridgehead atoms. The maximum Gasteiger partial charge on any atom is 0.268 e. The van der Waals surface area contributed by atoms with Gasteiger partial charge in [-0.2, -0.15) is 5.10 Å². The van der Waals surface area contributed by atoms with E-state index in [9.17, 15) is 9.59 Å². The molecule has 5 nitrogen and oxygen atoms in total. The van der Waals surface area contributed by atoms with E-state index in [0.717, 1.165) is 31.6 Å². The maximum atomic E-state index is 12.0. The summed E-state index contributed by atoms with van der Waals surface area (Å²) < 4.78 is 1.49. The predicted molar refractivity (Wildman–Crippen MR) is 79.1 cm³/mol. The number of ketones is 1. The summed E-state index contributed by atoms with van der Waals surface area (Å²) in [6, 6.07) is 1.68. The first kappa shape index (κ1) is 14.8. The molecule has 1 aliphatic heterocycles. The van der Waals surface area contributed by atoms with Gasteiger partial charge in [-0.3, -0.25) is 4.79 Å². The Kier molecular flexibility index (Phi) is 5.32. The van der Waals surface area contributed by atoms with Gasteiger partial charge in [-0.1, -0.05) is 0 Å². The zero-order valence-corrected chi connectivity index (χ0v) is 12.2. The van der Waals surface area contributed by atoms with Crippen LogP contribution >= 0.6 is 0 Å². The zero-order chi connectivity index (χ0) is 14.4. The number of anilines is 1. The summed E-state index contributed by atoms with van der Waals surface area (Å²) >= 11 is 0. The normalized spacial score (nSPS) is 15.3. The summed E-state index contributed by atoms with van der Waals surface area (Å²) in [6.45, 7) is 4.22. The smallest absolute Gasteiger partial charge is 0.268 e. The first-order valence-corrected chi connectivity index (χ1v) is 7.48. The molecule has 1 aromatic rings. The number of hydrogen-bond donors (Lipinski definition) is 0. The lowest BCUT2D eigenvalue weighted by molar-refractivity contribution is -0.117. The Labute approximate surface area is 119 Å². The summed E-state index contributed by atoms with van der Waals surface area (Å²) in [7, 11) is 0. The van der Waals surface area contributed by atoms with Crippen LogP contribution in [0.5, 0.6) is 0 Å². The first-order valence-electron chi connectivity index (χ1n) is 7.48. The molecule has 0 spiro atoms. The van der Waals surface area contributed by atoms with Gasteiger partial charge in [0, 0.05) is 32.1 Å². The van der Waals surface area contributed by atoms with Crippen LogP contribution in [-0.4, -0.2) is 28.7 Å². The van der Waals surface area contributed by atoms with E-state index in [1.54, 1.807) is 19.2 Å². The van der Waals surface area contributed by atoms with Crippen LogP contribution in [0.15, 0.2) is 17.1 Å². The monoisotopic (exact) mass is 277 g/mol. The standard InChI is InChI=1S/C15H23N3O2/c1-13(19)7-3-6-10-18-15(20)11-14(12-16-18)17-8-4-2-5-9-17/h11-12H,2-10H2,1H3. The number of hydrogen-bond acceptors (Lipinski definition) is 4. The molecule has 0 radical (unpaired) electrons. The molecule has 0 saturated carbocycles. The molecule has 2 heterocycles. The number of rotatable bonds is 6. The fourth-order valence-electron chi connectivity index (χ4n) is 2.55. The summed E-state index contributed by atoms with van der Waals surface area (Å²) in [6.07, 6.45) is 7.66. The summed E-state index contributed by atoms with van der Waals surface area (Å²) in [5.74, 6) is 0.200. The molecule has 0 amide bonds. The second-order valence-electron chi connectivity index (χ2n) is 5.48. The maximum absolute atomic E-state index is 12.0. The Hall–Kier alpha value is -1.65. The minimum absolute atomic E-state index is 0.0455. The van der Waals surface area contributed by atoms with Crippen molar-refractivity contribution in [3.63, 3.8) is 0 Å². The zero-order valence-electron chi connectivity index (χ0n) is 12.2. The Balaban J connectivity index is 1.91. The lowest BCUT2D eigenvalue weighted by Gasteiger charge is -2.28. The molecule has 0 atom stereocenters. The van der Waals surface area contributed by atoms with Crippen molar-refractivity contribution in [3.05, 3.63) is 22.6 Å². The average molecular weight is 277 g/mol. The van der Waals surface area contributed by atoms with Crippen LogP contribution in [0.3, 0.4) is 0 Å². The molecule has 5 heteroatoms. The number of carbonyl (C=O) groups excluding carboxylic acids is 1. The largest absolute Gasteiger partial charge is 0.370 e. The van der Waals surface area contributed by atoms with Crippen molar-refractivity contribution in [2.75, 3.05) is 18.0 Å². The summed E-state index contributed by atoms with van der Waals surface area (Å²) in [5.41, 5.74) is 0.894. The van der Waals surface area contributed by atoms with Gasteiger partial charge in [-0.15, -0.1) is 0 Å². The third kappa shape index (κ3) is 4.18. The van der Waals surface area contributed by atoms with Crippen LogP contribution in [-0.2, 0) is 11.3 Å². The topological polar surface area (TPSA) is 55.2 Å². The Morgan fingerprint density at radius 2 is 2.00 bits per heavy atom. The first-order chi connectivity index (χ1) is 9.66. The number of aryl methyl sites for hydroxylation is 1. The van der Waals surface area contributed by atoms with Gasteiger partial charge in [0.15, 0.2) is 0 Å². The quantitative estimate of drug-likeness (QED) is 0.746. The predicted octanol–water partition coefficient (Wildman–Crippen LogP) is 1.99. The van der Waals surface area contributed by atoms with Crippen molar-refractivity contribution in [3.8, 4) is 0 Å². The number of unbranched alkanes of at least 4 members (excludes halogenated alkanes) is 1. The number of aromatic nitrogens is 2. The number of piperidine rings is 1. The van der Waals surface area contributed by atoms with Crippen molar-refractivity contribution in [1.82, 2.24) is 9.78 Å². The highest BCUT2D eigenvalue weighted by Crippen LogP contribution is 2.16. The molecule has 110 valence electrons. The van der Waals surface area contributed by atoms with Gasteiger partial charge in [-0.25, -0.2) is 4.68 Å². The fourth-order valence-corrected chi connectivity index (χ4v) is 2.55. The van der Waals surface area contributed by atoms with Crippen molar-refractivity contribution in [2.24, 2.45) is 0 Å². The number of carbonyl (C=O) groups is 1. The lowest BCUT2D eigenvalue weighted by Crippen LogP contribution is -2.32. The van der Waals surface area contributed by atoms with Gasteiger partial charge < -0.3 is 9.69 Å². The molecule has 0 aromatic carbocycles. The van der Waals surface area contributed by atoms with E-state index < -0.39 is 0 Å². The molecule has 0 unspecified atom stereocenters. The van der Waals surface area contributed by atoms with E-state index >= 15 is 0 Å². The van der Waals surface area contributed by atoms with E-state index in [0.29, 0.717) is 13.0 Å². The van der Waals surface area contributed by atoms with E-state index in [-0.39, 0.29) is 11.3 Å². The van der Waals surface area contributed by atoms with Gasteiger partial charge in [-0.05, 0) is 39.0 Å². The van der Waals surface area contributed by atoms with Gasteiger partial charge in [0.2, 0.25) is 0 Å². The fraction of sp³-hybridized carbons (Fsp3) is 0.667. The van der Waals surface area contributed by atoms with E-state index in [1.165, 1.54) is 23.9 Å². The van der Waals surface area contributed by atoms with Gasteiger partial charge in [0.25, 0.3) is 5.56 Å². The minimum Gasteiger partial charge on any atom is -0.370 e. The molecule has 1 aromatic heterocycles. The van der Waals surface area contributed by atoms with Crippen molar-refractivity contribution in [2.45, 2.75) is 52.0 Å². The van der Waals surface area contributed by atoms with E-state index in [1.807, 2.05) is 0 Å². The van der Waals surface area contributed by atoms with Crippen LogP contribution in [0, 0.1) is 0 Å². The average Bonchev–Trinajstić information content (AvgIpc) is 2.45. The van der Waals surface area contributed by atoms with E-state index in [4.69, 9.17) is 0 Å². The van der Waals surface area contributed by atoms with Crippen LogP contribution in [0.25, 0.3) is 0 Å².